The van der Waals surface area contributed by atoms with Crippen molar-refractivity contribution in [1.29, 1.82) is 0 Å². The first-order valence-corrected chi connectivity index (χ1v) is 7.69. The Balaban J connectivity index is 2.31. The summed E-state index contributed by atoms with van der Waals surface area (Å²) in [6.07, 6.45) is 1.55. The molecular weight excluding hydrogens is 262 g/mol. The maximum atomic E-state index is 12.5. The standard InChI is InChI=1S/C18H23NO2/c1-4-16(20)18-15(19-12(2)3)10-14(11-17(18)21)13-8-6-5-7-9-13/h5-9,12,14,18H,4,10-11H2,1-3H3/t14-,18-/m1/s1. The summed E-state index contributed by atoms with van der Waals surface area (Å²) in [7, 11) is 0. The zero-order valence-electron chi connectivity index (χ0n) is 13.0. The minimum Gasteiger partial charge on any atom is -0.298 e. The van der Waals surface area contributed by atoms with Gasteiger partial charge in [0.1, 0.15) is 17.5 Å². The van der Waals surface area contributed by atoms with Crippen molar-refractivity contribution in [2.45, 2.75) is 52.0 Å². The summed E-state index contributed by atoms with van der Waals surface area (Å²) in [5.74, 6) is -0.415. The Morgan fingerprint density at radius 1 is 1.24 bits per heavy atom. The SMILES string of the molecule is CCC(=O)[C@@H]1C(=O)C[C@H](c2ccccc2)CC1=NC(C)C. The lowest BCUT2D eigenvalue weighted by Crippen LogP contribution is -2.38. The van der Waals surface area contributed by atoms with Crippen LogP contribution < -0.4 is 0 Å². The van der Waals surface area contributed by atoms with Crippen LogP contribution >= 0.6 is 0 Å². The Bertz CT molecular complexity index is 546. The zero-order valence-corrected chi connectivity index (χ0v) is 13.0. The van der Waals surface area contributed by atoms with E-state index in [2.05, 4.69) is 4.99 Å². The van der Waals surface area contributed by atoms with Crippen LogP contribution in [0.4, 0.5) is 0 Å². The van der Waals surface area contributed by atoms with Gasteiger partial charge in [0.05, 0.1) is 0 Å². The van der Waals surface area contributed by atoms with Crippen molar-refractivity contribution in [2.24, 2.45) is 10.9 Å². The molecule has 1 fully saturated rings. The van der Waals surface area contributed by atoms with Crippen LogP contribution in [-0.4, -0.2) is 23.3 Å². The Kier molecular flexibility index (Phi) is 5.05. The van der Waals surface area contributed by atoms with Crippen LogP contribution in [0.3, 0.4) is 0 Å². The molecule has 2 atom stereocenters. The lowest BCUT2D eigenvalue weighted by Gasteiger charge is -2.29. The minimum absolute atomic E-state index is 0.00547. The molecule has 0 heterocycles. The fraction of sp³-hybridized carbons (Fsp3) is 0.500. The molecule has 0 unspecified atom stereocenters. The molecular formula is C18H23NO2. The van der Waals surface area contributed by atoms with Crippen LogP contribution in [0.15, 0.2) is 35.3 Å². The number of rotatable bonds is 4. The van der Waals surface area contributed by atoms with Crippen LogP contribution in [0.5, 0.6) is 0 Å². The molecule has 3 nitrogen and oxygen atoms in total. The van der Waals surface area contributed by atoms with Crippen molar-refractivity contribution in [2.75, 3.05) is 0 Å². The molecule has 1 aromatic carbocycles. The van der Waals surface area contributed by atoms with Crippen molar-refractivity contribution in [1.82, 2.24) is 0 Å². The number of nitrogens with zero attached hydrogens (tertiary/aromatic N) is 1. The van der Waals surface area contributed by atoms with Gasteiger partial charge in [-0.3, -0.25) is 14.6 Å². The molecule has 0 saturated heterocycles. The Morgan fingerprint density at radius 3 is 2.48 bits per heavy atom. The molecule has 3 heteroatoms. The molecule has 0 spiro atoms. The van der Waals surface area contributed by atoms with Crippen molar-refractivity contribution in [3.63, 3.8) is 0 Å². The highest BCUT2D eigenvalue weighted by Crippen LogP contribution is 2.33. The molecule has 2 rings (SSSR count). The number of hydrogen-bond donors (Lipinski definition) is 0. The molecule has 0 radical (unpaired) electrons. The number of hydrogen-bond acceptors (Lipinski definition) is 3. The molecule has 0 aromatic heterocycles. The second kappa shape index (κ2) is 6.79. The van der Waals surface area contributed by atoms with E-state index < -0.39 is 5.92 Å². The molecule has 0 aliphatic heterocycles. The number of benzene rings is 1. The first kappa shape index (κ1) is 15.6. The van der Waals surface area contributed by atoms with E-state index in [0.29, 0.717) is 19.3 Å². The van der Waals surface area contributed by atoms with Crippen molar-refractivity contribution >= 4 is 17.3 Å². The van der Waals surface area contributed by atoms with Gasteiger partial charge in [-0.05, 0) is 31.7 Å². The van der Waals surface area contributed by atoms with Gasteiger partial charge in [-0.25, -0.2) is 0 Å². The van der Waals surface area contributed by atoms with Crippen molar-refractivity contribution < 1.29 is 9.59 Å². The number of carbonyl (C=O) groups is 2. The summed E-state index contributed by atoms with van der Waals surface area (Å²) < 4.78 is 0. The fourth-order valence-corrected chi connectivity index (χ4v) is 2.98. The molecule has 21 heavy (non-hydrogen) atoms. The highest BCUT2D eigenvalue weighted by atomic mass is 16.1. The van der Waals surface area contributed by atoms with Gasteiger partial charge in [-0.1, -0.05) is 37.3 Å². The van der Waals surface area contributed by atoms with Crippen LogP contribution in [0.25, 0.3) is 0 Å². The van der Waals surface area contributed by atoms with E-state index in [1.165, 1.54) is 0 Å². The predicted molar refractivity (Wildman–Crippen MR) is 84.8 cm³/mol. The van der Waals surface area contributed by atoms with E-state index >= 15 is 0 Å². The molecule has 0 bridgehead atoms. The summed E-state index contributed by atoms with van der Waals surface area (Å²) in [6.45, 7) is 5.78. The van der Waals surface area contributed by atoms with Gasteiger partial charge in [0.25, 0.3) is 0 Å². The largest absolute Gasteiger partial charge is 0.298 e. The maximum absolute atomic E-state index is 12.5. The number of Topliss-reactive ketones (excluding diaryl/α,β-unsaturated/α-hetero) is 2. The molecule has 112 valence electrons. The van der Waals surface area contributed by atoms with Crippen LogP contribution in [0.2, 0.25) is 0 Å². The van der Waals surface area contributed by atoms with E-state index in [4.69, 9.17) is 0 Å². The average Bonchev–Trinajstić information content (AvgIpc) is 2.46. The molecule has 0 amide bonds. The normalized spacial score (nSPS) is 24.6. The van der Waals surface area contributed by atoms with Gasteiger partial charge in [-0.2, -0.15) is 0 Å². The van der Waals surface area contributed by atoms with Crippen LogP contribution in [0.1, 0.15) is 51.5 Å². The van der Waals surface area contributed by atoms with Crippen LogP contribution in [-0.2, 0) is 9.59 Å². The first-order valence-electron chi connectivity index (χ1n) is 7.69. The van der Waals surface area contributed by atoms with E-state index in [-0.39, 0.29) is 23.5 Å². The van der Waals surface area contributed by atoms with E-state index in [0.717, 1.165) is 11.3 Å². The van der Waals surface area contributed by atoms with Gasteiger partial charge in [0.15, 0.2) is 0 Å². The highest BCUT2D eigenvalue weighted by Gasteiger charge is 2.37. The smallest absolute Gasteiger partial charge is 0.149 e. The van der Waals surface area contributed by atoms with Crippen molar-refractivity contribution in [3.8, 4) is 0 Å². The molecule has 1 aliphatic rings. The maximum Gasteiger partial charge on any atom is 0.149 e. The van der Waals surface area contributed by atoms with E-state index in [1.54, 1.807) is 0 Å². The third-order valence-corrected chi connectivity index (χ3v) is 3.92. The Labute approximate surface area is 126 Å². The molecule has 0 N–H and O–H groups in total. The summed E-state index contributed by atoms with van der Waals surface area (Å²) in [5.41, 5.74) is 1.94. The second-order valence-corrected chi connectivity index (χ2v) is 5.95. The molecule has 1 aromatic rings. The van der Waals surface area contributed by atoms with Gasteiger partial charge in [-0.15, -0.1) is 0 Å². The Hall–Kier alpha value is -1.77. The number of aliphatic imine (C=N–C) groups is 1. The molecule has 1 aliphatic carbocycles. The van der Waals surface area contributed by atoms with E-state index in [1.807, 2.05) is 51.1 Å². The number of carbonyl (C=O) groups excluding carboxylic acids is 2. The van der Waals surface area contributed by atoms with Gasteiger partial charge in [0.2, 0.25) is 0 Å². The predicted octanol–water partition coefficient (Wildman–Crippen LogP) is 3.58. The topological polar surface area (TPSA) is 46.5 Å². The summed E-state index contributed by atoms with van der Waals surface area (Å²) in [4.78, 5) is 29.2. The molecule has 1 saturated carbocycles. The monoisotopic (exact) mass is 285 g/mol. The van der Waals surface area contributed by atoms with Gasteiger partial charge in [0, 0.05) is 24.6 Å². The lowest BCUT2D eigenvalue weighted by molar-refractivity contribution is -0.130. The fourth-order valence-electron chi connectivity index (χ4n) is 2.98. The Morgan fingerprint density at radius 2 is 1.90 bits per heavy atom. The average molecular weight is 285 g/mol. The minimum atomic E-state index is -0.600. The quantitative estimate of drug-likeness (QED) is 0.794. The highest BCUT2D eigenvalue weighted by molar-refractivity contribution is 6.22. The number of ketones is 2. The second-order valence-electron chi connectivity index (χ2n) is 5.95. The third kappa shape index (κ3) is 3.66. The third-order valence-electron chi connectivity index (χ3n) is 3.92. The zero-order chi connectivity index (χ0) is 15.4. The summed E-state index contributed by atoms with van der Waals surface area (Å²) >= 11 is 0. The van der Waals surface area contributed by atoms with E-state index in [9.17, 15) is 9.59 Å². The summed E-state index contributed by atoms with van der Waals surface area (Å²) in [5, 5.41) is 0. The first-order chi connectivity index (χ1) is 10.0. The van der Waals surface area contributed by atoms with Gasteiger partial charge >= 0.3 is 0 Å². The van der Waals surface area contributed by atoms with Crippen LogP contribution in [0, 0.1) is 5.92 Å². The summed E-state index contributed by atoms with van der Waals surface area (Å²) in [6, 6.07) is 10.2. The van der Waals surface area contributed by atoms with Crippen molar-refractivity contribution in [3.05, 3.63) is 35.9 Å². The van der Waals surface area contributed by atoms with Gasteiger partial charge < -0.3 is 0 Å². The lowest BCUT2D eigenvalue weighted by atomic mass is 9.74.